The fourth-order valence-electron chi connectivity index (χ4n) is 3.66. The molecule has 2 rings (SSSR count). The first kappa shape index (κ1) is 12.2. The molecule has 92 valence electrons. The third-order valence-electron chi connectivity index (χ3n) is 4.59. The van der Waals surface area contributed by atoms with Gasteiger partial charge in [0.15, 0.2) is 0 Å². The standard InChI is InChI=1S/C15H27N/c1-12(2)14-7-10-16(13(3)4)15(11-14)8-5-6-9-15/h7,12-13H,5-6,8-11H2,1-4H3. The van der Waals surface area contributed by atoms with Crippen molar-refractivity contribution in [3.8, 4) is 0 Å². The van der Waals surface area contributed by atoms with Crippen LogP contribution < -0.4 is 0 Å². The van der Waals surface area contributed by atoms with E-state index in [1.54, 1.807) is 5.57 Å². The van der Waals surface area contributed by atoms with Gasteiger partial charge in [0.2, 0.25) is 0 Å². The fraction of sp³-hybridized carbons (Fsp3) is 0.867. The molecule has 1 saturated carbocycles. The van der Waals surface area contributed by atoms with Crippen molar-refractivity contribution in [2.24, 2.45) is 5.92 Å². The monoisotopic (exact) mass is 221 g/mol. The summed E-state index contributed by atoms with van der Waals surface area (Å²) in [6, 6.07) is 0.697. The van der Waals surface area contributed by atoms with Crippen LogP contribution in [0.5, 0.6) is 0 Å². The lowest BCUT2D eigenvalue weighted by Crippen LogP contribution is -2.52. The maximum Gasteiger partial charge on any atom is 0.0252 e. The molecule has 0 radical (unpaired) electrons. The molecule has 1 aliphatic heterocycles. The van der Waals surface area contributed by atoms with Gasteiger partial charge in [-0.25, -0.2) is 0 Å². The minimum Gasteiger partial charge on any atom is -0.291 e. The van der Waals surface area contributed by atoms with Gasteiger partial charge >= 0.3 is 0 Å². The van der Waals surface area contributed by atoms with Crippen molar-refractivity contribution >= 4 is 0 Å². The van der Waals surface area contributed by atoms with Crippen molar-refractivity contribution in [2.45, 2.75) is 71.4 Å². The second kappa shape index (κ2) is 4.52. The Morgan fingerprint density at radius 2 is 1.75 bits per heavy atom. The van der Waals surface area contributed by atoms with Crippen LogP contribution in [0.15, 0.2) is 11.6 Å². The average Bonchev–Trinajstić information content (AvgIpc) is 2.66. The molecular formula is C15H27N. The largest absolute Gasteiger partial charge is 0.291 e. The highest BCUT2D eigenvalue weighted by molar-refractivity contribution is 5.18. The maximum atomic E-state index is 2.76. The van der Waals surface area contributed by atoms with Gasteiger partial charge < -0.3 is 0 Å². The first-order valence-electron chi connectivity index (χ1n) is 7.01. The van der Waals surface area contributed by atoms with E-state index in [0.29, 0.717) is 11.6 Å². The highest BCUT2D eigenvalue weighted by atomic mass is 15.2. The molecule has 2 aliphatic rings. The van der Waals surface area contributed by atoms with Crippen molar-refractivity contribution in [2.75, 3.05) is 6.54 Å². The molecule has 1 nitrogen and oxygen atoms in total. The van der Waals surface area contributed by atoms with Gasteiger partial charge in [0.05, 0.1) is 0 Å². The van der Waals surface area contributed by atoms with Gasteiger partial charge in [-0.05, 0) is 39.0 Å². The Balaban J connectivity index is 2.22. The first-order chi connectivity index (χ1) is 7.55. The zero-order valence-electron chi connectivity index (χ0n) is 11.4. The molecule has 0 bridgehead atoms. The Morgan fingerprint density at radius 1 is 1.12 bits per heavy atom. The molecule has 1 aliphatic carbocycles. The summed E-state index contributed by atoms with van der Waals surface area (Å²) >= 11 is 0. The van der Waals surface area contributed by atoms with Crippen LogP contribution in [0.2, 0.25) is 0 Å². The zero-order valence-corrected chi connectivity index (χ0v) is 11.4. The minimum absolute atomic E-state index is 0.530. The van der Waals surface area contributed by atoms with Gasteiger partial charge in [-0.2, -0.15) is 0 Å². The molecule has 1 heterocycles. The van der Waals surface area contributed by atoms with E-state index in [-0.39, 0.29) is 0 Å². The Labute approximate surface area is 101 Å². The number of hydrogen-bond acceptors (Lipinski definition) is 1. The second-order valence-electron chi connectivity index (χ2n) is 6.29. The Kier molecular flexibility index (Phi) is 3.44. The maximum absolute atomic E-state index is 2.76. The summed E-state index contributed by atoms with van der Waals surface area (Å²) in [5.74, 6) is 0.742. The normalized spacial score (nSPS) is 25.8. The summed E-state index contributed by atoms with van der Waals surface area (Å²) in [6.07, 6.45) is 9.56. The Hall–Kier alpha value is -0.300. The minimum atomic E-state index is 0.530. The molecule has 0 aromatic rings. The summed E-state index contributed by atoms with van der Waals surface area (Å²) in [4.78, 5) is 2.76. The predicted molar refractivity (Wildman–Crippen MR) is 70.6 cm³/mol. The van der Waals surface area contributed by atoms with E-state index < -0.39 is 0 Å². The van der Waals surface area contributed by atoms with Crippen molar-refractivity contribution in [3.05, 3.63) is 11.6 Å². The molecule has 1 fully saturated rings. The summed E-state index contributed by atoms with van der Waals surface area (Å²) < 4.78 is 0. The molecule has 0 unspecified atom stereocenters. The molecule has 0 atom stereocenters. The van der Waals surface area contributed by atoms with Gasteiger partial charge in [-0.3, -0.25) is 4.90 Å². The summed E-state index contributed by atoms with van der Waals surface area (Å²) in [7, 11) is 0. The summed E-state index contributed by atoms with van der Waals surface area (Å²) in [6.45, 7) is 10.6. The summed E-state index contributed by atoms with van der Waals surface area (Å²) in [5.41, 5.74) is 2.24. The van der Waals surface area contributed by atoms with E-state index in [9.17, 15) is 0 Å². The van der Waals surface area contributed by atoms with E-state index >= 15 is 0 Å². The zero-order chi connectivity index (χ0) is 11.8. The molecule has 1 spiro atoms. The molecule has 0 aromatic carbocycles. The third-order valence-corrected chi connectivity index (χ3v) is 4.59. The molecule has 1 heteroatoms. The second-order valence-corrected chi connectivity index (χ2v) is 6.29. The predicted octanol–water partition coefficient (Wildman–Crippen LogP) is 4.00. The molecule has 16 heavy (non-hydrogen) atoms. The first-order valence-corrected chi connectivity index (χ1v) is 7.01. The van der Waals surface area contributed by atoms with Gasteiger partial charge in [-0.15, -0.1) is 0 Å². The van der Waals surface area contributed by atoms with Crippen LogP contribution >= 0.6 is 0 Å². The number of nitrogens with zero attached hydrogens (tertiary/aromatic N) is 1. The van der Waals surface area contributed by atoms with Crippen LogP contribution in [0.25, 0.3) is 0 Å². The van der Waals surface area contributed by atoms with Crippen molar-refractivity contribution in [3.63, 3.8) is 0 Å². The van der Waals surface area contributed by atoms with Crippen LogP contribution in [0.3, 0.4) is 0 Å². The van der Waals surface area contributed by atoms with E-state index in [1.165, 1.54) is 38.6 Å². The molecule has 0 saturated heterocycles. The molecule has 0 amide bonds. The molecule has 0 N–H and O–H groups in total. The molecular weight excluding hydrogens is 194 g/mol. The lowest BCUT2D eigenvalue weighted by molar-refractivity contribution is 0.0614. The van der Waals surface area contributed by atoms with Crippen LogP contribution in [-0.2, 0) is 0 Å². The van der Waals surface area contributed by atoms with Crippen molar-refractivity contribution < 1.29 is 0 Å². The average molecular weight is 221 g/mol. The molecule has 0 aromatic heterocycles. The number of rotatable bonds is 2. The Bertz CT molecular complexity index is 269. The van der Waals surface area contributed by atoms with E-state index in [1.807, 2.05) is 0 Å². The highest BCUT2D eigenvalue weighted by Crippen LogP contribution is 2.44. The quantitative estimate of drug-likeness (QED) is 0.637. The van der Waals surface area contributed by atoms with E-state index in [4.69, 9.17) is 0 Å². The smallest absolute Gasteiger partial charge is 0.0252 e. The SMILES string of the molecule is CC(C)C1=CCN(C(C)C)C2(CCCC2)C1. The Morgan fingerprint density at radius 3 is 2.25 bits per heavy atom. The van der Waals surface area contributed by atoms with Gasteiger partial charge in [-0.1, -0.05) is 38.3 Å². The van der Waals surface area contributed by atoms with Gasteiger partial charge in [0.25, 0.3) is 0 Å². The van der Waals surface area contributed by atoms with E-state index in [0.717, 1.165) is 5.92 Å². The highest BCUT2D eigenvalue weighted by Gasteiger charge is 2.42. The van der Waals surface area contributed by atoms with Gasteiger partial charge in [0, 0.05) is 18.1 Å². The van der Waals surface area contributed by atoms with Crippen LogP contribution in [0.4, 0.5) is 0 Å². The van der Waals surface area contributed by atoms with Crippen LogP contribution in [0, 0.1) is 5.92 Å². The summed E-state index contributed by atoms with van der Waals surface area (Å²) in [5, 5.41) is 0. The van der Waals surface area contributed by atoms with Crippen LogP contribution in [-0.4, -0.2) is 23.0 Å². The van der Waals surface area contributed by atoms with E-state index in [2.05, 4.69) is 38.7 Å². The fourth-order valence-corrected chi connectivity index (χ4v) is 3.66. The topological polar surface area (TPSA) is 3.24 Å². The lowest BCUT2D eigenvalue weighted by Gasteiger charge is -2.47. The van der Waals surface area contributed by atoms with Crippen molar-refractivity contribution in [1.29, 1.82) is 0 Å². The van der Waals surface area contributed by atoms with Crippen LogP contribution in [0.1, 0.15) is 59.8 Å². The third kappa shape index (κ3) is 2.07. The van der Waals surface area contributed by atoms with Crippen molar-refractivity contribution in [1.82, 2.24) is 4.90 Å². The number of hydrogen-bond donors (Lipinski definition) is 0. The van der Waals surface area contributed by atoms with Gasteiger partial charge in [0.1, 0.15) is 0 Å². The lowest BCUT2D eigenvalue weighted by atomic mass is 9.80.